The predicted molar refractivity (Wildman–Crippen MR) is 88.4 cm³/mol. The van der Waals surface area contributed by atoms with E-state index in [-0.39, 0.29) is 65.4 Å². The summed E-state index contributed by atoms with van der Waals surface area (Å²) in [5.41, 5.74) is 4.28. The molecule has 2 aromatic carbocycles. The fourth-order valence-corrected chi connectivity index (χ4v) is 1.95. The molecule has 0 atom stereocenters. The number of hydrogen-bond donors (Lipinski definition) is 2. The molecule has 0 aromatic heterocycles. The first-order valence-corrected chi connectivity index (χ1v) is 7.12. The molecule has 0 amide bonds. The van der Waals surface area contributed by atoms with E-state index in [1.807, 2.05) is 45.0 Å². The van der Waals surface area contributed by atoms with Crippen LogP contribution in [0.3, 0.4) is 0 Å². The van der Waals surface area contributed by atoms with Gasteiger partial charge in [0.25, 0.3) is 0 Å². The molecule has 2 N–H and O–H groups in total. The molecule has 0 aliphatic carbocycles. The van der Waals surface area contributed by atoms with E-state index < -0.39 is 0 Å². The molecule has 2 rings (SSSR count). The van der Waals surface area contributed by atoms with E-state index in [2.05, 4.69) is 13.3 Å². The first-order valence-electron chi connectivity index (χ1n) is 7.12. The van der Waals surface area contributed by atoms with E-state index in [4.69, 9.17) is 5.11 Å². The Morgan fingerprint density at radius 2 is 1.30 bits per heavy atom. The van der Waals surface area contributed by atoms with Gasteiger partial charge in [-0.2, -0.15) is 19.8 Å². The fraction of sp³-hybridized carbons (Fsp3) is 0.263. The molecule has 2 radical (unpaired) electrons. The molecule has 0 saturated heterocycles. The Morgan fingerprint density at radius 3 is 1.70 bits per heavy atom. The van der Waals surface area contributed by atoms with Gasteiger partial charge in [-0.05, 0) is 37.1 Å². The fourth-order valence-electron chi connectivity index (χ4n) is 1.95. The molecule has 120 valence electrons. The quantitative estimate of drug-likeness (QED) is 0.658. The SMILES string of the molecule is C[CH-]Cc1ccc(O)c(C)c1.[CH2-]Cc1ccc(O)c(C)c1.[Y].[Y]. The third-order valence-electron chi connectivity index (χ3n) is 3.25. The van der Waals surface area contributed by atoms with Gasteiger partial charge >= 0.3 is 0 Å². The molecule has 0 aliphatic heterocycles. The Morgan fingerprint density at radius 1 is 0.870 bits per heavy atom. The monoisotopic (exact) mass is 462 g/mol. The number of rotatable bonds is 3. The van der Waals surface area contributed by atoms with Crippen molar-refractivity contribution in [3.8, 4) is 11.5 Å². The van der Waals surface area contributed by atoms with Gasteiger partial charge in [-0.25, -0.2) is 0 Å². The minimum Gasteiger partial charge on any atom is -0.508 e. The molecule has 0 saturated carbocycles. The topological polar surface area (TPSA) is 40.5 Å². The zero-order chi connectivity index (χ0) is 15.8. The Labute approximate surface area is 190 Å². The van der Waals surface area contributed by atoms with Crippen molar-refractivity contribution in [2.45, 2.75) is 33.6 Å². The molecular formula is C19H24O2Y2-2. The number of aromatic hydroxyl groups is 2. The van der Waals surface area contributed by atoms with Crippen molar-refractivity contribution in [2.24, 2.45) is 0 Å². The second-order valence-corrected chi connectivity index (χ2v) is 5.10. The Bertz CT molecular complexity index is 584. The summed E-state index contributed by atoms with van der Waals surface area (Å²) in [6, 6.07) is 11.2. The van der Waals surface area contributed by atoms with Crippen molar-refractivity contribution in [1.82, 2.24) is 0 Å². The second-order valence-electron chi connectivity index (χ2n) is 5.10. The van der Waals surface area contributed by atoms with Gasteiger partial charge in [0, 0.05) is 65.4 Å². The zero-order valence-corrected chi connectivity index (χ0v) is 19.9. The zero-order valence-electron chi connectivity index (χ0n) is 14.2. The number of benzene rings is 2. The van der Waals surface area contributed by atoms with Gasteiger partial charge < -0.3 is 23.6 Å². The van der Waals surface area contributed by atoms with Gasteiger partial charge in [0.2, 0.25) is 0 Å². The van der Waals surface area contributed by atoms with Crippen molar-refractivity contribution >= 4 is 0 Å². The molecule has 0 unspecified atom stereocenters. The van der Waals surface area contributed by atoms with E-state index >= 15 is 0 Å². The number of hydrogen-bond acceptors (Lipinski definition) is 2. The molecule has 4 heteroatoms. The van der Waals surface area contributed by atoms with Crippen LogP contribution in [0.25, 0.3) is 0 Å². The van der Waals surface area contributed by atoms with Crippen LogP contribution in [0.4, 0.5) is 0 Å². The van der Waals surface area contributed by atoms with E-state index in [0.717, 1.165) is 29.5 Å². The third kappa shape index (κ3) is 9.34. The standard InChI is InChI=1S/C10H13O.C9H11O.2Y/c1-3-4-9-5-6-10(11)8(2)7-9;1-3-8-4-5-9(10)7(2)6-8;;/h3,5-7,11H,4H2,1-2H3;4-6,10H,1,3H2,2H3;;/q2*-1;;. The van der Waals surface area contributed by atoms with Crippen LogP contribution < -0.4 is 0 Å². The van der Waals surface area contributed by atoms with Crippen LogP contribution in [-0.2, 0) is 78.3 Å². The molecule has 0 aliphatic rings. The second kappa shape index (κ2) is 13.5. The summed E-state index contributed by atoms with van der Waals surface area (Å²) in [4.78, 5) is 0. The van der Waals surface area contributed by atoms with Crippen molar-refractivity contribution in [3.63, 3.8) is 0 Å². The smallest absolute Gasteiger partial charge is 0.118 e. The van der Waals surface area contributed by atoms with Crippen LogP contribution >= 0.6 is 0 Å². The van der Waals surface area contributed by atoms with Gasteiger partial charge in [-0.15, -0.1) is 0 Å². The summed E-state index contributed by atoms with van der Waals surface area (Å²) in [6.07, 6.45) is 3.86. The minimum atomic E-state index is 0. The number of aryl methyl sites for hydroxylation is 2. The van der Waals surface area contributed by atoms with Gasteiger partial charge in [0.15, 0.2) is 0 Å². The van der Waals surface area contributed by atoms with E-state index in [1.165, 1.54) is 5.56 Å². The van der Waals surface area contributed by atoms with Crippen LogP contribution in [0, 0.1) is 27.2 Å². The molecule has 0 fully saturated rings. The minimum absolute atomic E-state index is 0. The van der Waals surface area contributed by atoms with Crippen LogP contribution in [0.15, 0.2) is 36.4 Å². The van der Waals surface area contributed by atoms with Crippen molar-refractivity contribution in [2.75, 3.05) is 0 Å². The third-order valence-corrected chi connectivity index (χ3v) is 3.25. The molecule has 2 aromatic rings. The van der Waals surface area contributed by atoms with Crippen LogP contribution in [-0.4, -0.2) is 10.2 Å². The molecular weight excluding hydrogens is 438 g/mol. The van der Waals surface area contributed by atoms with Crippen molar-refractivity contribution in [3.05, 3.63) is 72.0 Å². The van der Waals surface area contributed by atoms with Gasteiger partial charge in [0.1, 0.15) is 11.5 Å². The van der Waals surface area contributed by atoms with Crippen LogP contribution in [0.1, 0.15) is 29.2 Å². The van der Waals surface area contributed by atoms with Crippen molar-refractivity contribution in [1.29, 1.82) is 0 Å². The first-order chi connectivity index (χ1) is 9.97. The largest absolute Gasteiger partial charge is 0.508 e. The predicted octanol–water partition coefficient (Wildman–Crippen LogP) is 4.54. The summed E-state index contributed by atoms with van der Waals surface area (Å²) in [5, 5.41) is 18.3. The summed E-state index contributed by atoms with van der Waals surface area (Å²) >= 11 is 0. The first kappa shape index (κ1) is 25.5. The summed E-state index contributed by atoms with van der Waals surface area (Å²) < 4.78 is 0. The van der Waals surface area contributed by atoms with Gasteiger partial charge in [0.05, 0.1) is 0 Å². The molecule has 0 heterocycles. The maximum Gasteiger partial charge on any atom is 0.118 e. The van der Waals surface area contributed by atoms with Gasteiger partial charge in [-0.1, -0.05) is 35.4 Å². The Balaban J connectivity index is 0. The van der Waals surface area contributed by atoms with Crippen molar-refractivity contribution < 1.29 is 75.6 Å². The van der Waals surface area contributed by atoms with E-state index in [1.54, 1.807) is 12.1 Å². The van der Waals surface area contributed by atoms with Gasteiger partial charge in [-0.3, -0.25) is 0 Å². The van der Waals surface area contributed by atoms with E-state index in [9.17, 15) is 5.11 Å². The molecule has 0 bridgehead atoms. The molecule has 23 heavy (non-hydrogen) atoms. The Hall–Kier alpha value is 0.248. The maximum absolute atomic E-state index is 9.20. The molecule has 2 nitrogen and oxygen atoms in total. The molecule has 0 spiro atoms. The average Bonchev–Trinajstić information content (AvgIpc) is 2.47. The average molecular weight is 462 g/mol. The van der Waals surface area contributed by atoms with E-state index in [0.29, 0.717) is 11.5 Å². The number of phenols is 2. The maximum atomic E-state index is 9.20. The van der Waals surface area contributed by atoms with Crippen LogP contribution in [0.2, 0.25) is 0 Å². The summed E-state index contributed by atoms with van der Waals surface area (Å²) in [6.45, 7) is 9.57. The number of phenolic OH excluding ortho intramolecular Hbond substituents is 2. The summed E-state index contributed by atoms with van der Waals surface area (Å²) in [5.74, 6) is 0.738. The van der Waals surface area contributed by atoms with Crippen LogP contribution in [0.5, 0.6) is 11.5 Å². The Kier molecular flexibility index (Phi) is 15.0. The normalized spacial score (nSPS) is 9.04. The summed E-state index contributed by atoms with van der Waals surface area (Å²) in [7, 11) is 0.